The first kappa shape index (κ1) is 24.2. The van der Waals surface area contributed by atoms with Crippen LogP contribution in [0, 0.1) is 0 Å². The maximum absolute atomic E-state index is 11.8. The van der Waals surface area contributed by atoms with Gasteiger partial charge < -0.3 is 9.64 Å². The van der Waals surface area contributed by atoms with Crippen LogP contribution in [-0.4, -0.2) is 22.5 Å². The van der Waals surface area contributed by atoms with Gasteiger partial charge in [0.2, 0.25) is 0 Å². The van der Waals surface area contributed by atoms with Crippen LogP contribution in [0.4, 0.5) is 5.13 Å². The Morgan fingerprint density at radius 2 is 1.74 bits per heavy atom. The van der Waals surface area contributed by atoms with Gasteiger partial charge in [0.1, 0.15) is 4.99 Å². The van der Waals surface area contributed by atoms with E-state index in [0.29, 0.717) is 54.6 Å². The first-order chi connectivity index (χ1) is 14.8. The van der Waals surface area contributed by atoms with Crippen molar-refractivity contribution in [1.29, 1.82) is 0 Å². The summed E-state index contributed by atoms with van der Waals surface area (Å²) in [6, 6.07) is 10.6. The summed E-state index contributed by atoms with van der Waals surface area (Å²) in [5, 5.41) is 4.19. The molecule has 0 spiro atoms. The molecule has 3 rings (SSSR count). The first-order valence-electron chi connectivity index (χ1n) is 9.09. The summed E-state index contributed by atoms with van der Waals surface area (Å²) in [4.78, 5) is 18.8. The molecule has 0 aliphatic carbocycles. The molecule has 0 amide bonds. The summed E-state index contributed by atoms with van der Waals surface area (Å²) >= 11 is 31.6. The summed E-state index contributed by atoms with van der Waals surface area (Å²) < 4.78 is 5.01. The maximum atomic E-state index is 11.8. The van der Waals surface area contributed by atoms with Crippen LogP contribution in [0.5, 0.6) is 0 Å². The standard InChI is InChI=1S/C21H16Cl4N2O2S2/c1-2-29-19(28)9-14-11-31-21(26-14)27(10-12-3-5-15(22)17(24)7-12)20(30)13-4-6-16(23)18(25)8-13/h3-8,11H,2,9-10H2,1H3. The molecule has 0 saturated carbocycles. The van der Waals surface area contributed by atoms with Gasteiger partial charge in [-0.1, -0.05) is 70.8 Å². The van der Waals surface area contributed by atoms with Gasteiger partial charge in [-0.3, -0.25) is 4.79 Å². The van der Waals surface area contributed by atoms with Gasteiger partial charge in [0, 0.05) is 10.9 Å². The molecule has 0 aliphatic heterocycles. The number of hydrogen-bond acceptors (Lipinski definition) is 5. The zero-order valence-corrected chi connectivity index (χ0v) is 20.9. The number of thiazole rings is 1. The first-order valence-corrected chi connectivity index (χ1v) is 11.9. The highest BCUT2D eigenvalue weighted by molar-refractivity contribution is 7.81. The quantitative estimate of drug-likeness (QED) is 0.236. The lowest BCUT2D eigenvalue weighted by atomic mass is 10.1. The van der Waals surface area contributed by atoms with Crippen molar-refractivity contribution in [3.05, 3.63) is 78.7 Å². The van der Waals surface area contributed by atoms with Crippen molar-refractivity contribution in [1.82, 2.24) is 4.98 Å². The molecule has 1 heterocycles. The van der Waals surface area contributed by atoms with Gasteiger partial charge in [-0.2, -0.15) is 0 Å². The summed E-state index contributed by atoms with van der Waals surface area (Å²) in [6.07, 6.45) is 0.0878. The molecular formula is C21H16Cl4N2O2S2. The van der Waals surface area contributed by atoms with Crippen LogP contribution in [0.1, 0.15) is 23.7 Å². The molecule has 1 aromatic heterocycles. The van der Waals surface area contributed by atoms with Crippen molar-refractivity contribution < 1.29 is 9.53 Å². The molecule has 3 aromatic rings. The number of thiocarbonyl (C=S) groups is 1. The van der Waals surface area contributed by atoms with Gasteiger partial charge in [-0.05, 0) is 36.8 Å². The maximum Gasteiger partial charge on any atom is 0.311 e. The minimum Gasteiger partial charge on any atom is -0.466 e. The van der Waals surface area contributed by atoms with E-state index >= 15 is 0 Å². The molecule has 4 nitrogen and oxygen atoms in total. The normalized spacial score (nSPS) is 10.7. The number of aromatic nitrogens is 1. The van der Waals surface area contributed by atoms with Gasteiger partial charge in [0.25, 0.3) is 0 Å². The number of benzene rings is 2. The third kappa shape index (κ3) is 6.31. The zero-order chi connectivity index (χ0) is 22.5. The van der Waals surface area contributed by atoms with Crippen LogP contribution in [0.3, 0.4) is 0 Å². The smallest absolute Gasteiger partial charge is 0.311 e. The second-order valence-corrected chi connectivity index (χ2v) is 9.22. The van der Waals surface area contributed by atoms with Gasteiger partial charge in [0.15, 0.2) is 5.13 Å². The van der Waals surface area contributed by atoms with Crippen molar-refractivity contribution in [2.75, 3.05) is 11.5 Å². The lowest BCUT2D eigenvalue weighted by Crippen LogP contribution is -2.29. The number of ether oxygens (including phenoxy) is 1. The number of rotatable bonds is 7. The van der Waals surface area contributed by atoms with Crippen LogP contribution < -0.4 is 4.90 Å². The second kappa shape index (κ2) is 10.9. The molecule has 0 radical (unpaired) electrons. The molecule has 0 aliphatic rings. The number of carbonyl (C=O) groups is 1. The molecule has 0 bridgehead atoms. The van der Waals surface area contributed by atoms with Crippen LogP contribution in [0.2, 0.25) is 20.1 Å². The number of carbonyl (C=O) groups excluding carboxylic acids is 1. The van der Waals surface area contributed by atoms with Gasteiger partial charge >= 0.3 is 5.97 Å². The molecule has 10 heteroatoms. The molecule has 0 atom stereocenters. The minimum absolute atomic E-state index is 0.0878. The average molecular weight is 534 g/mol. The Labute approximate surface area is 209 Å². The predicted octanol–water partition coefficient (Wildman–Crippen LogP) is 7.24. The molecule has 0 N–H and O–H groups in total. The van der Waals surface area contributed by atoms with Crippen LogP contribution in [0.25, 0.3) is 0 Å². The number of halogens is 4. The van der Waals surface area contributed by atoms with E-state index in [4.69, 9.17) is 63.4 Å². The lowest BCUT2D eigenvalue weighted by Gasteiger charge is -2.23. The Morgan fingerprint density at radius 1 is 1.06 bits per heavy atom. The fourth-order valence-corrected chi connectivity index (χ4v) is 4.48. The Morgan fingerprint density at radius 3 is 2.39 bits per heavy atom. The Kier molecular flexibility index (Phi) is 8.56. The Balaban J connectivity index is 1.94. The molecule has 0 fully saturated rings. The van der Waals surface area contributed by atoms with E-state index in [1.54, 1.807) is 37.3 Å². The van der Waals surface area contributed by atoms with Crippen LogP contribution >= 0.6 is 70.0 Å². The molecule has 162 valence electrons. The minimum atomic E-state index is -0.331. The van der Waals surface area contributed by atoms with Crippen molar-refractivity contribution in [3.63, 3.8) is 0 Å². The largest absolute Gasteiger partial charge is 0.466 e. The van der Waals surface area contributed by atoms with Crippen molar-refractivity contribution in [2.24, 2.45) is 0 Å². The molecule has 0 saturated heterocycles. The fourth-order valence-electron chi connectivity index (χ4n) is 2.69. The number of esters is 1. The van der Waals surface area contributed by atoms with E-state index < -0.39 is 0 Å². The van der Waals surface area contributed by atoms with Crippen molar-refractivity contribution in [2.45, 2.75) is 19.9 Å². The average Bonchev–Trinajstić information content (AvgIpc) is 3.18. The van der Waals surface area contributed by atoms with E-state index in [9.17, 15) is 4.79 Å². The Bertz CT molecular complexity index is 1120. The lowest BCUT2D eigenvalue weighted by molar-refractivity contribution is -0.142. The molecule has 0 unspecified atom stereocenters. The molecule has 2 aromatic carbocycles. The molecule has 31 heavy (non-hydrogen) atoms. The third-order valence-electron chi connectivity index (χ3n) is 4.14. The van der Waals surface area contributed by atoms with Gasteiger partial charge in [-0.15, -0.1) is 11.3 Å². The summed E-state index contributed by atoms with van der Waals surface area (Å²) in [6.45, 7) is 2.47. The summed E-state index contributed by atoms with van der Waals surface area (Å²) in [5.41, 5.74) is 2.21. The van der Waals surface area contributed by atoms with E-state index in [1.807, 2.05) is 16.3 Å². The zero-order valence-electron chi connectivity index (χ0n) is 16.2. The summed E-state index contributed by atoms with van der Waals surface area (Å²) in [7, 11) is 0. The SMILES string of the molecule is CCOC(=O)Cc1csc(N(Cc2ccc(Cl)c(Cl)c2)C(=S)c2ccc(Cl)c(Cl)c2)n1. The highest BCUT2D eigenvalue weighted by atomic mass is 35.5. The number of nitrogens with zero attached hydrogens (tertiary/aromatic N) is 2. The van der Waals surface area contributed by atoms with E-state index in [0.717, 1.165) is 5.56 Å². The predicted molar refractivity (Wildman–Crippen MR) is 133 cm³/mol. The summed E-state index contributed by atoms with van der Waals surface area (Å²) in [5.74, 6) is -0.331. The van der Waals surface area contributed by atoms with Gasteiger partial charge in [-0.25, -0.2) is 4.98 Å². The van der Waals surface area contributed by atoms with Crippen molar-refractivity contribution in [3.8, 4) is 0 Å². The topological polar surface area (TPSA) is 42.4 Å². The van der Waals surface area contributed by atoms with Crippen molar-refractivity contribution >= 4 is 86.0 Å². The van der Waals surface area contributed by atoms with E-state index in [2.05, 4.69) is 4.98 Å². The fraction of sp³-hybridized carbons (Fsp3) is 0.190. The van der Waals surface area contributed by atoms with Crippen LogP contribution in [0.15, 0.2) is 41.8 Å². The third-order valence-corrected chi connectivity index (χ3v) is 6.98. The Hall–Kier alpha value is -1.41. The second-order valence-electron chi connectivity index (χ2n) is 6.37. The highest BCUT2D eigenvalue weighted by Gasteiger charge is 2.20. The highest BCUT2D eigenvalue weighted by Crippen LogP contribution is 2.30. The number of hydrogen-bond donors (Lipinski definition) is 0. The molecular weight excluding hydrogens is 518 g/mol. The van der Waals surface area contributed by atoms with Gasteiger partial charge in [0.05, 0.1) is 45.4 Å². The van der Waals surface area contributed by atoms with Crippen LogP contribution in [-0.2, 0) is 22.5 Å². The van der Waals surface area contributed by atoms with E-state index in [-0.39, 0.29) is 12.4 Å². The van der Waals surface area contributed by atoms with E-state index in [1.165, 1.54) is 11.3 Å². The monoisotopic (exact) mass is 532 g/mol. The number of anilines is 1.